The third kappa shape index (κ3) is 11.1. The summed E-state index contributed by atoms with van der Waals surface area (Å²) in [5, 5.41) is 0. The maximum absolute atomic E-state index is 12.6. The molecule has 9 nitrogen and oxygen atoms in total. The van der Waals surface area contributed by atoms with Crippen LogP contribution in [0.2, 0.25) is 0 Å². The van der Waals surface area contributed by atoms with E-state index in [9.17, 15) is 14.4 Å². The normalized spacial score (nSPS) is 11.8. The summed E-state index contributed by atoms with van der Waals surface area (Å²) >= 11 is 0. The minimum absolute atomic E-state index is 0.00331. The van der Waals surface area contributed by atoms with Gasteiger partial charge in [-0.1, -0.05) is 121 Å². The molecular weight excluding hydrogens is 733 g/mol. The first-order valence-corrected chi connectivity index (χ1v) is 18.9. The summed E-state index contributed by atoms with van der Waals surface area (Å²) in [6, 6.07) is 43.0. The summed E-state index contributed by atoms with van der Waals surface area (Å²) in [6.07, 6.45) is -2.52. The fourth-order valence-corrected chi connectivity index (χ4v) is 5.96. The van der Waals surface area contributed by atoms with Crippen molar-refractivity contribution < 1.29 is 42.8 Å². The highest BCUT2D eigenvalue weighted by Gasteiger charge is 2.17. The zero-order valence-corrected chi connectivity index (χ0v) is 33.6. The molecule has 6 aromatic rings. The maximum Gasteiger partial charge on any atom is 0.519 e. The van der Waals surface area contributed by atoms with E-state index in [-0.39, 0.29) is 16.7 Å². The third-order valence-electron chi connectivity index (χ3n) is 9.45. The molecule has 0 aliphatic carbocycles. The molecule has 58 heavy (non-hydrogen) atoms. The predicted octanol–water partition coefficient (Wildman–Crippen LogP) is 12.8. The molecule has 0 spiro atoms. The molecule has 0 saturated carbocycles. The van der Waals surface area contributed by atoms with Crippen molar-refractivity contribution in [2.24, 2.45) is 0 Å². The van der Waals surface area contributed by atoms with Gasteiger partial charge in [0.15, 0.2) is 0 Å². The smallest absolute Gasteiger partial charge is 0.395 e. The quantitative estimate of drug-likeness (QED) is 0.105. The van der Waals surface area contributed by atoms with Crippen LogP contribution in [0.15, 0.2) is 146 Å². The monoisotopic (exact) mass is 778 g/mol. The zero-order valence-electron chi connectivity index (χ0n) is 33.6. The first kappa shape index (κ1) is 40.8. The molecule has 0 aliphatic heterocycles. The van der Waals surface area contributed by atoms with Crippen molar-refractivity contribution in [3.63, 3.8) is 0 Å². The minimum Gasteiger partial charge on any atom is -0.395 e. The number of carbonyl (C=O) groups excluding carboxylic acids is 3. The van der Waals surface area contributed by atoms with Gasteiger partial charge in [0.05, 0.1) is 0 Å². The second-order valence-electron chi connectivity index (χ2n) is 15.8. The molecule has 9 heteroatoms. The molecular formula is C49H46O9. The van der Waals surface area contributed by atoms with E-state index in [0.29, 0.717) is 34.5 Å². The molecule has 0 amide bonds. The highest BCUT2D eigenvalue weighted by Crippen LogP contribution is 2.30. The van der Waals surface area contributed by atoms with Crippen LogP contribution in [0.1, 0.15) is 76.6 Å². The molecule has 0 bridgehead atoms. The molecule has 0 saturated heterocycles. The van der Waals surface area contributed by atoms with Gasteiger partial charge in [-0.15, -0.1) is 0 Å². The van der Waals surface area contributed by atoms with Crippen LogP contribution in [-0.2, 0) is 10.8 Å². The van der Waals surface area contributed by atoms with Crippen molar-refractivity contribution in [2.75, 3.05) is 0 Å². The molecule has 0 aromatic heterocycles. The van der Waals surface area contributed by atoms with E-state index in [4.69, 9.17) is 28.4 Å². The van der Waals surface area contributed by atoms with Crippen LogP contribution < -0.4 is 28.4 Å². The van der Waals surface area contributed by atoms with Crippen molar-refractivity contribution in [3.8, 4) is 45.6 Å². The summed E-state index contributed by atoms with van der Waals surface area (Å²) in [5.74, 6) is 2.16. The van der Waals surface area contributed by atoms with Gasteiger partial charge < -0.3 is 28.4 Å². The summed E-state index contributed by atoms with van der Waals surface area (Å²) < 4.78 is 32.2. The lowest BCUT2D eigenvalue weighted by molar-refractivity contribution is 0.150. The van der Waals surface area contributed by atoms with Crippen LogP contribution in [0, 0.1) is 0 Å². The average Bonchev–Trinajstić information content (AvgIpc) is 3.18. The lowest BCUT2D eigenvalue weighted by Crippen LogP contribution is -2.14. The number of hydrogen-bond donors (Lipinski definition) is 0. The topological polar surface area (TPSA) is 107 Å². The number of hydrogen-bond acceptors (Lipinski definition) is 9. The fraction of sp³-hybridized carbons (Fsp3) is 0.204. The molecule has 6 rings (SSSR count). The molecule has 0 N–H and O–H groups in total. The summed E-state index contributed by atoms with van der Waals surface area (Å²) in [4.78, 5) is 37.3. The Bertz CT molecular complexity index is 2320. The Hall–Kier alpha value is -6.87. The molecule has 0 fully saturated rings. The van der Waals surface area contributed by atoms with Gasteiger partial charge in [0.1, 0.15) is 34.5 Å². The summed E-state index contributed by atoms with van der Waals surface area (Å²) in [5.41, 5.74) is 5.97. The van der Waals surface area contributed by atoms with Gasteiger partial charge in [0.25, 0.3) is 0 Å². The zero-order chi connectivity index (χ0) is 41.5. The van der Waals surface area contributed by atoms with Crippen molar-refractivity contribution in [3.05, 3.63) is 168 Å². The van der Waals surface area contributed by atoms with Crippen molar-refractivity contribution in [1.29, 1.82) is 0 Å². The van der Waals surface area contributed by atoms with Gasteiger partial charge in [-0.3, -0.25) is 0 Å². The van der Waals surface area contributed by atoms with Crippen molar-refractivity contribution in [1.82, 2.24) is 0 Å². The number of benzene rings is 6. The van der Waals surface area contributed by atoms with Crippen LogP contribution in [0.25, 0.3) is 11.1 Å². The molecule has 0 radical (unpaired) electrons. The SMILES string of the molecule is CC(c1ccc(OC(=O)Oc2ccc(-c3ccc(OC(=O)Oc4ccc(C(C)(C)C)cc4)cc3)cc2)cc1)c1ccc(OC(=O)Oc2ccc(C(C)(C)C)cc2)cc1. The summed E-state index contributed by atoms with van der Waals surface area (Å²) in [7, 11) is 0. The molecule has 1 atom stereocenters. The van der Waals surface area contributed by atoms with Gasteiger partial charge in [-0.05, 0) is 117 Å². The van der Waals surface area contributed by atoms with Gasteiger partial charge >= 0.3 is 18.5 Å². The van der Waals surface area contributed by atoms with E-state index in [1.807, 2.05) is 67.6 Å². The molecule has 0 heterocycles. The van der Waals surface area contributed by atoms with Gasteiger partial charge in [0, 0.05) is 5.92 Å². The second-order valence-corrected chi connectivity index (χ2v) is 15.8. The average molecular weight is 779 g/mol. The van der Waals surface area contributed by atoms with Crippen LogP contribution in [0.5, 0.6) is 34.5 Å². The largest absolute Gasteiger partial charge is 0.519 e. The lowest BCUT2D eigenvalue weighted by Gasteiger charge is -2.18. The van der Waals surface area contributed by atoms with Crippen LogP contribution in [0.4, 0.5) is 14.4 Å². The van der Waals surface area contributed by atoms with Gasteiger partial charge in [0.2, 0.25) is 0 Å². The lowest BCUT2D eigenvalue weighted by atomic mass is 9.87. The Balaban J connectivity index is 0.945. The Labute approximate surface area is 339 Å². The predicted molar refractivity (Wildman–Crippen MR) is 223 cm³/mol. The third-order valence-corrected chi connectivity index (χ3v) is 9.45. The van der Waals surface area contributed by atoms with E-state index >= 15 is 0 Å². The van der Waals surface area contributed by atoms with Crippen LogP contribution in [0.3, 0.4) is 0 Å². The molecule has 1 unspecified atom stereocenters. The number of carbonyl (C=O) groups is 3. The van der Waals surface area contributed by atoms with E-state index in [0.717, 1.165) is 33.4 Å². The Morgan fingerprint density at radius 2 is 0.552 bits per heavy atom. The van der Waals surface area contributed by atoms with E-state index in [1.165, 1.54) is 0 Å². The van der Waals surface area contributed by atoms with E-state index in [1.54, 1.807) is 84.9 Å². The standard InChI is InChI=1S/C49H46O9/c1-32(34-10-22-40(23-11-34)54-46(51)57-43-28-16-37(17-29-43)48(2,3)4)33-8-20-39(21-9-33)53-45(50)55-41-24-12-35(13-25-41)36-14-26-42(27-15-36)56-47(52)58-44-30-18-38(19-31-44)49(5,6)7/h8-32H,1-7H3. The van der Waals surface area contributed by atoms with Crippen LogP contribution in [-0.4, -0.2) is 18.5 Å². The highest BCUT2D eigenvalue weighted by atomic mass is 16.7. The second kappa shape index (κ2) is 17.5. The Kier molecular flexibility index (Phi) is 12.3. The van der Waals surface area contributed by atoms with Crippen molar-refractivity contribution >= 4 is 18.5 Å². The highest BCUT2D eigenvalue weighted by molar-refractivity contribution is 5.71. The van der Waals surface area contributed by atoms with E-state index < -0.39 is 18.5 Å². The first-order chi connectivity index (χ1) is 27.6. The summed E-state index contributed by atoms with van der Waals surface area (Å²) in [6.45, 7) is 14.7. The van der Waals surface area contributed by atoms with Gasteiger partial charge in [-0.2, -0.15) is 0 Å². The molecule has 6 aromatic carbocycles. The Morgan fingerprint density at radius 1 is 0.345 bits per heavy atom. The number of ether oxygens (including phenoxy) is 6. The Morgan fingerprint density at radius 3 is 0.776 bits per heavy atom. The minimum atomic E-state index is -0.872. The fourth-order valence-electron chi connectivity index (χ4n) is 5.96. The van der Waals surface area contributed by atoms with E-state index in [2.05, 4.69) is 41.5 Å². The van der Waals surface area contributed by atoms with Gasteiger partial charge in [-0.25, -0.2) is 14.4 Å². The molecule has 0 aliphatic rings. The maximum atomic E-state index is 12.6. The first-order valence-electron chi connectivity index (χ1n) is 18.9. The van der Waals surface area contributed by atoms with Crippen LogP contribution >= 0.6 is 0 Å². The van der Waals surface area contributed by atoms with Crippen molar-refractivity contribution in [2.45, 2.75) is 65.2 Å². The molecule has 296 valence electrons. The number of rotatable bonds is 9.